The molecule has 0 unspecified atom stereocenters. The van der Waals surface area contributed by atoms with Crippen LogP contribution in [0.15, 0.2) is 0 Å². The van der Waals surface area contributed by atoms with Crippen LogP contribution in [0.4, 0.5) is 0 Å². The molecule has 0 saturated carbocycles. The van der Waals surface area contributed by atoms with Gasteiger partial charge < -0.3 is 10.2 Å². The number of rotatable bonds is 4. The van der Waals surface area contributed by atoms with Gasteiger partial charge in [-0.25, -0.2) is 0 Å². The van der Waals surface area contributed by atoms with Crippen LogP contribution in [-0.2, 0) is 0 Å². The maximum absolute atomic E-state index is 8.21. The van der Waals surface area contributed by atoms with E-state index in [1.807, 2.05) is 0 Å². The van der Waals surface area contributed by atoms with Gasteiger partial charge in [-0.05, 0) is 19.3 Å². The summed E-state index contributed by atoms with van der Waals surface area (Å²) >= 11 is 0. The van der Waals surface area contributed by atoms with Crippen molar-refractivity contribution < 1.29 is 10.2 Å². The Balaban J connectivity index is 0. The molecule has 0 aromatic heterocycles. The molecule has 0 bridgehead atoms. The molecule has 0 atom stereocenters. The second kappa shape index (κ2) is 10.5. The van der Waals surface area contributed by atoms with Crippen molar-refractivity contribution in [3.05, 3.63) is 0 Å². The normalized spacial score (nSPS) is 8.25. The van der Waals surface area contributed by atoms with Gasteiger partial charge in [0.1, 0.15) is 0 Å². The fourth-order valence-corrected chi connectivity index (χ4v) is 0.400. The Hall–Kier alpha value is 0.517. The van der Waals surface area contributed by atoms with Crippen molar-refractivity contribution in [2.75, 3.05) is 13.2 Å². The predicted molar refractivity (Wildman–Crippen MR) is 35.2 cm³/mol. The Morgan fingerprint density at radius 2 is 1.12 bits per heavy atom. The van der Waals surface area contributed by atoms with Gasteiger partial charge in [-0.3, -0.25) is 0 Å². The van der Waals surface area contributed by atoms with Crippen molar-refractivity contribution in [3.63, 3.8) is 0 Å². The van der Waals surface area contributed by atoms with E-state index < -0.39 is 0 Å². The summed E-state index contributed by atoms with van der Waals surface area (Å²) in [6.45, 7) is 0.500. The van der Waals surface area contributed by atoms with Crippen molar-refractivity contribution in [2.24, 2.45) is 0 Å². The van der Waals surface area contributed by atoms with E-state index in [0.717, 1.165) is 19.3 Å². The summed E-state index contributed by atoms with van der Waals surface area (Å²) in [5.41, 5.74) is 0. The molecule has 0 radical (unpaired) electrons. The molecular weight excluding hydrogens is 99.0 g/mol. The Kier molecular flexibility index (Phi) is 14.9. The monoisotopic (exact) mass is 112 g/mol. The Morgan fingerprint density at radius 1 is 0.750 bits per heavy atom. The zero-order valence-electron chi connectivity index (χ0n) is 4.43. The summed E-state index contributed by atoms with van der Waals surface area (Å²) in [5.74, 6) is 0. The van der Waals surface area contributed by atoms with Gasteiger partial charge in [-0.1, -0.05) is 0 Å². The van der Waals surface area contributed by atoms with Crippen LogP contribution in [-0.4, -0.2) is 42.3 Å². The second-order valence-electron chi connectivity index (χ2n) is 1.51. The molecule has 0 aliphatic carbocycles. The molecule has 0 spiro atoms. The van der Waals surface area contributed by atoms with E-state index in [2.05, 4.69) is 0 Å². The van der Waals surface area contributed by atoms with Gasteiger partial charge in [0, 0.05) is 13.2 Å². The van der Waals surface area contributed by atoms with E-state index >= 15 is 0 Å². The summed E-state index contributed by atoms with van der Waals surface area (Å²) in [7, 11) is 0. The Bertz CT molecular complexity index is 29.6. The third-order valence-corrected chi connectivity index (χ3v) is 0.816. The number of hydrogen-bond acceptors (Lipinski definition) is 2. The van der Waals surface area contributed by atoms with Gasteiger partial charge in [0.2, 0.25) is 0 Å². The third-order valence-electron chi connectivity index (χ3n) is 0.816. The van der Waals surface area contributed by atoms with Crippen molar-refractivity contribution in [1.29, 1.82) is 0 Å². The molecule has 46 valence electrons. The van der Waals surface area contributed by atoms with Crippen LogP contribution < -0.4 is 0 Å². The molecule has 0 heterocycles. The molecule has 0 saturated heterocycles. The summed E-state index contributed by atoms with van der Waals surface area (Å²) < 4.78 is 0. The van der Waals surface area contributed by atoms with Crippen LogP contribution in [0.25, 0.3) is 0 Å². The quantitative estimate of drug-likeness (QED) is 0.380. The topological polar surface area (TPSA) is 40.5 Å². The Labute approximate surface area is 62.1 Å². The molecule has 0 aromatic carbocycles. The van der Waals surface area contributed by atoms with Gasteiger partial charge >= 0.3 is 18.9 Å². The zero-order valence-corrected chi connectivity index (χ0v) is 4.43. The predicted octanol–water partition coefficient (Wildman–Crippen LogP) is -0.507. The molecule has 8 heavy (non-hydrogen) atoms. The van der Waals surface area contributed by atoms with Crippen molar-refractivity contribution >= 4 is 18.9 Å². The van der Waals surface area contributed by atoms with E-state index in [9.17, 15) is 0 Å². The van der Waals surface area contributed by atoms with Crippen molar-refractivity contribution in [2.45, 2.75) is 19.3 Å². The fraction of sp³-hybridized carbons (Fsp3) is 1.00. The van der Waals surface area contributed by atoms with Crippen molar-refractivity contribution in [1.82, 2.24) is 0 Å². The second-order valence-corrected chi connectivity index (χ2v) is 1.51. The Morgan fingerprint density at radius 3 is 1.38 bits per heavy atom. The first kappa shape index (κ1) is 11.3. The molecule has 0 aliphatic heterocycles. The number of hydrogen-bond donors (Lipinski definition) is 2. The van der Waals surface area contributed by atoms with Gasteiger partial charge in [0.25, 0.3) is 0 Å². The average molecular weight is 112 g/mol. The van der Waals surface area contributed by atoms with E-state index in [1.165, 1.54) is 0 Å². The molecular formula is C5H13LiO2. The van der Waals surface area contributed by atoms with E-state index in [-0.39, 0.29) is 32.1 Å². The first-order valence-electron chi connectivity index (χ1n) is 2.63. The minimum atomic E-state index is 0. The summed E-state index contributed by atoms with van der Waals surface area (Å²) in [6.07, 6.45) is 2.58. The van der Waals surface area contributed by atoms with Crippen LogP contribution in [0.5, 0.6) is 0 Å². The summed E-state index contributed by atoms with van der Waals surface area (Å²) in [4.78, 5) is 0. The number of unbranched alkanes of at least 4 members (excludes halogenated alkanes) is 2. The van der Waals surface area contributed by atoms with E-state index in [0.29, 0.717) is 0 Å². The molecule has 0 amide bonds. The molecule has 2 N–H and O–H groups in total. The molecule has 3 heteroatoms. The first-order chi connectivity index (χ1) is 3.41. The van der Waals surface area contributed by atoms with E-state index in [4.69, 9.17) is 10.2 Å². The first-order valence-corrected chi connectivity index (χ1v) is 2.63. The molecule has 2 nitrogen and oxygen atoms in total. The molecule has 0 fully saturated rings. The van der Waals surface area contributed by atoms with Gasteiger partial charge in [0.15, 0.2) is 0 Å². The van der Waals surface area contributed by atoms with E-state index in [1.54, 1.807) is 0 Å². The average Bonchev–Trinajstić information content (AvgIpc) is 1.69. The van der Waals surface area contributed by atoms with Gasteiger partial charge in [-0.2, -0.15) is 0 Å². The third kappa shape index (κ3) is 9.72. The fourth-order valence-electron chi connectivity index (χ4n) is 0.400. The van der Waals surface area contributed by atoms with Crippen LogP contribution in [0.1, 0.15) is 19.3 Å². The zero-order chi connectivity index (χ0) is 5.54. The molecule has 0 rings (SSSR count). The molecule has 0 aliphatic rings. The van der Waals surface area contributed by atoms with Crippen LogP contribution >= 0.6 is 0 Å². The number of aliphatic hydroxyl groups excluding tert-OH is 2. The number of aliphatic hydroxyl groups is 2. The van der Waals surface area contributed by atoms with Gasteiger partial charge in [-0.15, -0.1) is 0 Å². The standard InChI is InChI=1S/C5H12O2.Li.H/c6-4-2-1-3-5-7;;/h6-7H,1-5H2;;. The maximum atomic E-state index is 8.21. The van der Waals surface area contributed by atoms with Crippen molar-refractivity contribution in [3.8, 4) is 0 Å². The molecule has 0 aromatic rings. The van der Waals surface area contributed by atoms with Crippen LogP contribution in [0, 0.1) is 0 Å². The SMILES string of the molecule is OCCCCCO.[LiH]. The minimum absolute atomic E-state index is 0. The van der Waals surface area contributed by atoms with Crippen LogP contribution in [0.3, 0.4) is 0 Å². The van der Waals surface area contributed by atoms with Gasteiger partial charge in [0.05, 0.1) is 0 Å². The summed E-state index contributed by atoms with van der Waals surface area (Å²) in [6, 6.07) is 0. The van der Waals surface area contributed by atoms with Crippen LogP contribution in [0.2, 0.25) is 0 Å². The summed E-state index contributed by atoms with van der Waals surface area (Å²) in [5, 5.41) is 16.4.